The van der Waals surface area contributed by atoms with Crippen LogP contribution >= 0.6 is 0 Å². The Morgan fingerprint density at radius 2 is 1.96 bits per heavy atom. The molecule has 0 aliphatic rings. The first-order chi connectivity index (χ1) is 11.2. The third kappa shape index (κ3) is 3.42. The minimum atomic E-state index is -0.522. The lowest BCUT2D eigenvalue weighted by Crippen LogP contribution is -2.17. The standard InChI is InChI=1S/C17H15NO5/c1-11-18-13-8-7-12(9-16(13)22-11)23-17(19)10-21-15-6-4-3-5-14(15)20-2/h3-9H,10H2,1-2H3. The van der Waals surface area contributed by atoms with Gasteiger partial charge in [-0.2, -0.15) is 0 Å². The van der Waals surface area contributed by atoms with Crippen LogP contribution in [0.2, 0.25) is 0 Å². The van der Waals surface area contributed by atoms with Crippen molar-refractivity contribution in [2.45, 2.75) is 6.92 Å². The lowest BCUT2D eigenvalue weighted by atomic mass is 10.3. The van der Waals surface area contributed by atoms with Gasteiger partial charge in [0.1, 0.15) is 11.3 Å². The summed E-state index contributed by atoms with van der Waals surface area (Å²) in [5.41, 5.74) is 1.28. The van der Waals surface area contributed by atoms with Crippen molar-refractivity contribution in [2.24, 2.45) is 0 Å². The van der Waals surface area contributed by atoms with Crippen molar-refractivity contribution in [3.63, 3.8) is 0 Å². The van der Waals surface area contributed by atoms with Crippen LogP contribution in [0.5, 0.6) is 17.2 Å². The van der Waals surface area contributed by atoms with Crippen LogP contribution in [0.4, 0.5) is 0 Å². The van der Waals surface area contributed by atoms with Crippen LogP contribution in [0.15, 0.2) is 46.9 Å². The zero-order valence-electron chi connectivity index (χ0n) is 12.7. The fourth-order valence-corrected chi connectivity index (χ4v) is 2.12. The van der Waals surface area contributed by atoms with E-state index in [1.165, 1.54) is 7.11 Å². The second kappa shape index (κ2) is 6.39. The molecule has 0 spiro atoms. The van der Waals surface area contributed by atoms with Crippen LogP contribution in [0, 0.1) is 6.92 Å². The Kier molecular flexibility index (Phi) is 4.14. The quantitative estimate of drug-likeness (QED) is 0.532. The minimum absolute atomic E-state index is 0.228. The Morgan fingerprint density at radius 1 is 1.17 bits per heavy atom. The number of carbonyl (C=O) groups is 1. The van der Waals surface area contributed by atoms with Crippen molar-refractivity contribution in [3.05, 3.63) is 48.4 Å². The Bertz CT molecular complexity index is 840. The molecule has 0 saturated carbocycles. The van der Waals surface area contributed by atoms with Gasteiger partial charge in [-0.15, -0.1) is 0 Å². The number of nitrogens with zero attached hydrogens (tertiary/aromatic N) is 1. The second-order valence-electron chi connectivity index (χ2n) is 4.78. The van der Waals surface area contributed by atoms with Crippen LogP contribution in [-0.2, 0) is 4.79 Å². The van der Waals surface area contributed by atoms with E-state index in [-0.39, 0.29) is 6.61 Å². The smallest absolute Gasteiger partial charge is 0.349 e. The summed E-state index contributed by atoms with van der Waals surface area (Å²) < 4.78 is 21.2. The lowest BCUT2D eigenvalue weighted by Gasteiger charge is -2.09. The molecule has 23 heavy (non-hydrogen) atoms. The van der Waals surface area contributed by atoms with E-state index in [1.54, 1.807) is 43.3 Å². The molecule has 118 valence electrons. The molecule has 6 heteroatoms. The van der Waals surface area contributed by atoms with Crippen LogP contribution < -0.4 is 14.2 Å². The summed E-state index contributed by atoms with van der Waals surface area (Å²) in [6, 6.07) is 12.1. The maximum Gasteiger partial charge on any atom is 0.349 e. The van der Waals surface area contributed by atoms with Crippen molar-refractivity contribution in [1.29, 1.82) is 0 Å². The minimum Gasteiger partial charge on any atom is -0.493 e. The van der Waals surface area contributed by atoms with Gasteiger partial charge in [-0.05, 0) is 24.3 Å². The molecule has 6 nitrogen and oxygen atoms in total. The zero-order valence-corrected chi connectivity index (χ0v) is 12.7. The van der Waals surface area contributed by atoms with Crippen molar-refractivity contribution in [1.82, 2.24) is 4.98 Å². The number of hydrogen-bond acceptors (Lipinski definition) is 6. The second-order valence-corrected chi connectivity index (χ2v) is 4.78. The van der Waals surface area contributed by atoms with E-state index >= 15 is 0 Å². The predicted molar refractivity (Wildman–Crippen MR) is 82.9 cm³/mol. The Labute approximate surface area is 132 Å². The number of carbonyl (C=O) groups excluding carboxylic acids is 1. The van der Waals surface area contributed by atoms with E-state index in [4.69, 9.17) is 18.6 Å². The highest BCUT2D eigenvalue weighted by Gasteiger charge is 2.10. The summed E-state index contributed by atoms with van der Waals surface area (Å²) in [6.07, 6.45) is 0. The molecule has 0 amide bonds. The van der Waals surface area contributed by atoms with E-state index in [1.807, 2.05) is 6.07 Å². The van der Waals surface area contributed by atoms with Crippen LogP contribution in [-0.4, -0.2) is 24.7 Å². The molecule has 0 unspecified atom stereocenters. The summed E-state index contributed by atoms with van der Waals surface area (Å²) in [5, 5.41) is 0. The first-order valence-electron chi connectivity index (χ1n) is 6.99. The number of para-hydroxylation sites is 2. The fraction of sp³-hybridized carbons (Fsp3) is 0.176. The number of aromatic nitrogens is 1. The molecule has 1 aromatic heterocycles. The summed E-state index contributed by atoms with van der Waals surface area (Å²) in [6.45, 7) is 1.53. The summed E-state index contributed by atoms with van der Waals surface area (Å²) in [7, 11) is 1.54. The molecule has 0 saturated heterocycles. The molecular weight excluding hydrogens is 298 g/mol. The molecule has 0 bridgehead atoms. The first-order valence-corrected chi connectivity index (χ1v) is 6.99. The normalized spacial score (nSPS) is 10.5. The van der Waals surface area contributed by atoms with Gasteiger partial charge in [0.25, 0.3) is 0 Å². The number of hydrogen-bond donors (Lipinski definition) is 0. The van der Waals surface area contributed by atoms with Gasteiger partial charge in [0.05, 0.1) is 7.11 Å². The number of esters is 1. The van der Waals surface area contributed by atoms with Crippen molar-refractivity contribution >= 4 is 17.1 Å². The third-order valence-corrected chi connectivity index (χ3v) is 3.11. The number of ether oxygens (including phenoxy) is 3. The van der Waals surface area contributed by atoms with E-state index in [2.05, 4.69) is 4.98 Å². The third-order valence-electron chi connectivity index (χ3n) is 3.11. The lowest BCUT2D eigenvalue weighted by molar-refractivity contribution is -0.136. The molecule has 3 aromatic rings. The van der Waals surface area contributed by atoms with Crippen molar-refractivity contribution in [2.75, 3.05) is 13.7 Å². The molecule has 1 heterocycles. The molecule has 2 aromatic carbocycles. The van der Waals surface area contributed by atoms with Crippen LogP contribution in [0.25, 0.3) is 11.1 Å². The molecule has 0 atom stereocenters. The highest BCUT2D eigenvalue weighted by atomic mass is 16.6. The summed E-state index contributed by atoms with van der Waals surface area (Å²) in [4.78, 5) is 16.1. The van der Waals surface area contributed by atoms with Crippen LogP contribution in [0.3, 0.4) is 0 Å². The first kappa shape index (κ1) is 14.9. The van der Waals surface area contributed by atoms with Gasteiger partial charge in [0, 0.05) is 13.0 Å². The van der Waals surface area contributed by atoms with Gasteiger partial charge in [-0.1, -0.05) is 12.1 Å². The molecular formula is C17H15NO5. The summed E-state index contributed by atoms with van der Waals surface area (Å²) >= 11 is 0. The van der Waals surface area contributed by atoms with Crippen molar-refractivity contribution < 1.29 is 23.4 Å². The van der Waals surface area contributed by atoms with Gasteiger partial charge in [-0.25, -0.2) is 9.78 Å². The summed E-state index contributed by atoms with van der Waals surface area (Å²) in [5.74, 6) is 1.45. The van der Waals surface area contributed by atoms with Gasteiger partial charge in [0.2, 0.25) is 0 Å². The number of methoxy groups -OCH3 is 1. The van der Waals surface area contributed by atoms with Gasteiger partial charge in [-0.3, -0.25) is 0 Å². The SMILES string of the molecule is COc1ccccc1OCC(=O)Oc1ccc2nc(C)oc2c1. The number of benzene rings is 2. The number of aryl methyl sites for hydroxylation is 1. The zero-order chi connectivity index (χ0) is 16.2. The monoisotopic (exact) mass is 313 g/mol. The maximum absolute atomic E-state index is 11.9. The van der Waals surface area contributed by atoms with Gasteiger partial charge >= 0.3 is 5.97 Å². The van der Waals surface area contributed by atoms with E-state index in [9.17, 15) is 4.79 Å². The fourth-order valence-electron chi connectivity index (χ4n) is 2.12. The molecule has 0 aliphatic heterocycles. The molecule has 0 aliphatic carbocycles. The molecule has 3 rings (SSSR count). The average Bonchev–Trinajstić information content (AvgIpc) is 2.92. The predicted octanol–water partition coefficient (Wildman–Crippen LogP) is 3.13. The number of fused-ring (bicyclic) bond motifs is 1. The Hall–Kier alpha value is -3.02. The highest BCUT2D eigenvalue weighted by molar-refractivity contribution is 5.78. The van der Waals surface area contributed by atoms with E-state index in [0.717, 1.165) is 0 Å². The van der Waals surface area contributed by atoms with E-state index in [0.29, 0.717) is 34.2 Å². The Balaban J connectivity index is 1.64. The molecule has 0 N–H and O–H groups in total. The number of oxazole rings is 1. The average molecular weight is 313 g/mol. The molecule has 0 fully saturated rings. The van der Waals surface area contributed by atoms with Gasteiger partial charge < -0.3 is 18.6 Å². The largest absolute Gasteiger partial charge is 0.493 e. The highest BCUT2D eigenvalue weighted by Crippen LogP contribution is 2.26. The van der Waals surface area contributed by atoms with Crippen molar-refractivity contribution in [3.8, 4) is 17.2 Å². The Morgan fingerprint density at radius 3 is 2.74 bits per heavy atom. The molecule has 0 radical (unpaired) electrons. The topological polar surface area (TPSA) is 70.8 Å². The van der Waals surface area contributed by atoms with Gasteiger partial charge in [0.15, 0.2) is 29.6 Å². The maximum atomic E-state index is 11.9. The number of rotatable bonds is 5. The van der Waals surface area contributed by atoms with E-state index < -0.39 is 5.97 Å². The van der Waals surface area contributed by atoms with Crippen LogP contribution in [0.1, 0.15) is 5.89 Å².